The van der Waals surface area contributed by atoms with Gasteiger partial charge in [-0.25, -0.2) is 0 Å². The van der Waals surface area contributed by atoms with Gasteiger partial charge in [-0.2, -0.15) is 0 Å². The standard InChI is InChI=1S/C18H38N2O2/c1-2-3-4-5-6-7-8-9-10-11-18-19(14-16-21)12-13-20(18)15-17-22/h18,21-22H,2-17H2,1H3. The van der Waals surface area contributed by atoms with Gasteiger partial charge >= 0.3 is 0 Å². The number of unbranched alkanes of at least 4 members (excludes halogenated alkanes) is 8. The van der Waals surface area contributed by atoms with Crippen molar-refractivity contribution in [3.63, 3.8) is 0 Å². The fourth-order valence-corrected chi connectivity index (χ4v) is 3.57. The summed E-state index contributed by atoms with van der Waals surface area (Å²) in [6.45, 7) is 6.34. The molecule has 0 atom stereocenters. The predicted molar refractivity (Wildman–Crippen MR) is 92.9 cm³/mol. The van der Waals surface area contributed by atoms with Crippen LogP contribution in [0.1, 0.15) is 71.1 Å². The minimum Gasteiger partial charge on any atom is -0.395 e. The maximum absolute atomic E-state index is 9.18. The Morgan fingerprint density at radius 3 is 1.64 bits per heavy atom. The number of hydrogen-bond donors (Lipinski definition) is 2. The van der Waals surface area contributed by atoms with Crippen molar-refractivity contribution in [2.75, 3.05) is 39.4 Å². The summed E-state index contributed by atoms with van der Waals surface area (Å²) in [7, 11) is 0. The van der Waals surface area contributed by atoms with Gasteiger partial charge in [0.05, 0.1) is 19.4 Å². The van der Waals surface area contributed by atoms with Crippen molar-refractivity contribution in [2.45, 2.75) is 77.3 Å². The lowest BCUT2D eigenvalue weighted by molar-refractivity contribution is 0.0910. The van der Waals surface area contributed by atoms with E-state index in [4.69, 9.17) is 0 Å². The van der Waals surface area contributed by atoms with Crippen LogP contribution in [0.3, 0.4) is 0 Å². The molecule has 1 aliphatic rings. The molecule has 4 heteroatoms. The van der Waals surface area contributed by atoms with Crippen LogP contribution in [-0.2, 0) is 0 Å². The smallest absolute Gasteiger partial charge is 0.0624 e. The van der Waals surface area contributed by atoms with E-state index in [2.05, 4.69) is 16.7 Å². The van der Waals surface area contributed by atoms with Crippen molar-refractivity contribution in [1.29, 1.82) is 0 Å². The molecular formula is C18H38N2O2. The molecule has 0 aromatic heterocycles. The van der Waals surface area contributed by atoms with Crippen LogP contribution in [0.4, 0.5) is 0 Å². The van der Waals surface area contributed by atoms with Crippen molar-refractivity contribution >= 4 is 0 Å². The van der Waals surface area contributed by atoms with Crippen LogP contribution in [0.25, 0.3) is 0 Å². The van der Waals surface area contributed by atoms with Gasteiger partial charge in [0.2, 0.25) is 0 Å². The average molecular weight is 315 g/mol. The quantitative estimate of drug-likeness (QED) is 0.484. The second-order valence-electron chi connectivity index (χ2n) is 6.62. The first kappa shape index (κ1) is 19.9. The van der Waals surface area contributed by atoms with Crippen molar-refractivity contribution in [2.24, 2.45) is 0 Å². The molecular weight excluding hydrogens is 276 g/mol. The first-order valence-corrected chi connectivity index (χ1v) is 9.53. The fraction of sp³-hybridized carbons (Fsp3) is 1.00. The number of hydrogen-bond acceptors (Lipinski definition) is 4. The zero-order chi connectivity index (χ0) is 16.0. The van der Waals surface area contributed by atoms with Gasteiger partial charge in [0.15, 0.2) is 0 Å². The van der Waals surface area contributed by atoms with Crippen molar-refractivity contribution < 1.29 is 10.2 Å². The van der Waals surface area contributed by atoms with Gasteiger partial charge < -0.3 is 10.2 Å². The topological polar surface area (TPSA) is 46.9 Å². The van der Waals surface area contributed by atoms with Gasteiger partial charge in [-0.15, -0.1) is 0 Å². The van der Waals surface area contributed by atoms with E-state index < -0.39 is 0 Å². The fourth-order valence-electron chi connectivity index (χ4n) is 3.57. The molecule has 1 aliphatic heterocycles. The Bertz CT molecular complexity index is 237. The number of β-amino-alcohol motifs (C(OH)–C–C–N with tert-alkyl or cyclic N) is 2. The van der Waals surface area contributed by atoms with Crippen LogP contribution in [-0.4, -0.2) is 65.6 Å². The Morgan fingerprint density at radius 2 is 1.18 bits per heavy atom. The molecule has 0 amide bonds. The molecule has 2 N–H and O–H groups in total. The normalized spacial score (nSPS) is 17.6. The molecule has 0 bridgehead atoms. The third-order valence-corrected chi connectivity index (χ3v) is 4.86. The Morgan fingerprint density at radius 1 is 0.727 bits per heavy atom. The highest BCUT2D eigenvalue weighted by Crippen LogP contribution is 2.20. The van der Waals surface area contributed by atoms with Gasteiger partial charge in [-0.1, -0.05) is 64.7 Å². The minimum absolute atomic E-state index is 0.237. The van der Waals surface area contributed by atoms with Crippen LogP contribution >= 0.6 is 0 Å². The van der Waals surface area contributed by atoms with Crippen LogP contribution in [0.5, 0.6) is 0 Å². The molecule has 0 aromatic carbocycles. The molecule has 0 spiro atoms. The molecule has 1 heterocycles. The zero-order valence-corrected chi connectivity index (χ0v) is 14.7. The third kappa shape index (κ3) is 7.91. The van der Waals surface area contributed by atoms with Gasteiger partial charge in [0.1, 0.15) is 0 Å². The highest BCUT2D eigenvalue weighted by atomic mass is 16.3. The summed E-state index contributed by atoms with van der Waals surface area (Å²) >= 11 is 0. The molecule has 132 valence electrons. The highest BCUT2D eigenvalue weighted by molar-refractivity contribution is 4.81. The maximum atomic E-state index is 9.18. The van der Waals surface area contributed by atoms with Crippen LogP contribution in [0.15, 0.2) is 0 Å². The van der Waals surface area contributed by atoms with E-state index >= 15 is 0 Å². The SMILES string of the molecule is CCCCCCCCCCCC1N(CCO)CCN1CCO. The van der Waals surface area contributed by atoms with Gasteiger partial charge in [-0.3, -0.25) is 9.80 Å². The lowest BCUT2D eigenvalue weighted by Gasteiger charge is -2.29. The summed E-state index contributed by atoms with van der Waals surface area (Å²) in [5.41, 5.74) is 0. The van der Waals surface area contributed by atoms with E-state index in [1.54, 1.807) is 0 Å². The predicted octanol–water partition coefficient (Wildman–Crippen LogP) is 2.84. The first-order chi connectivity index (χ1) is 10.8. The minimum atomic E-state index is 0.237. The number of aliphatic hydroxyl groups excluding tert-OH is 2. The molecule has 4 nitrogen and oxygen atoms in total. The van der Waals surface area contributed by atoms with E-state index in [9.17, 15) is 10.2 Å². The Hall–Kier alpha value is -0.160. The van der Waals surface area contributed by atoms with Gasteiger partial charge in [0, 0.05) is 26.2 Å². The van der Waals surface area contributed by atoms with Crippen LogP contribution in [0, 0.1) is 0 Å². The van der Waals surface area contributed by atoms with Gasteiger partial charge in [-0.05, 0) is 6.42 Å². The van der Waals surface area contributed by atoms with Crippen LogP contribution in [0.2, 0.25) is 0 Å². The number of aliphatic hydroxyl groups is 2. The second kappa shape index (κ2) is 13.3. The summed E-state index contributed by atoms with van der Waals surface area (Å²) in [6.07, 6.45) is 13.9. The Labute approximate surface area is 137 Å². The van der Waals surface area contributed by atoms with E-state index in [1.165, 1.54) is 64.2 Å². The summed E-state index contributed by atoms with van der Waals surface area (Å²) in [6, 6.07) is 0. The molecule has 0 unspecified atom stereocenters. The van der Waals surface area contributed by atoms with Crippen LogP contribution < -0.4 is 0 Å². The summed E-state index contributed by atoms with van der Waals surface area (Å²) < 4.78 is 0. The first-order valence-electron chi connectivity index (χ1n) is 9.53. The molecule has 22 heavy (non-hydrogen) atoms. The Kier molecular flexibility index (Phi) is 12.0. The van der Waals surface area contributed by atoms with E-state index in [-0.39, 0.29) is 13.2 Å². The Balaban J connectivity index is 2.09. The lowest BCUT2D eigenvalue weighted by atomic mass is 10.1. The number of nitrogens with zero attached hydrogens (tertiary/aromatic N) is 2. The molecule has 1 fully saturated rings. The van der Waals surface area contributed by atoms with E-state index in [0.717, 1.165) is 26.2 Å². The monoisotopic (exact) mass is 314 g/mol. The molecule has 0 aliphatic carbocycles. The van der Waals surface area contributed by atoms with E-state index in [1.807, 2.05) is 0 Å². The molecule has 1 rings (SSSR count). The van der Waals surface area contributed by atoms with Crippen molar-refractivity contribution in [3.8, 4) is 0 Å². The second-order valence-corrected chi connectivity index (χ2v) is 6.62. The average Bonchev–Trinajstić information content (AvgIpc) is 2.89. The summed E-state index contributed by atoms with van der Waals surface area (Å²) in [4.78, 5) is 4.75. The molecule has 0 saturated carbocycles. The maximum Gasteiger partial charge on any atom is 0.0624 e. The van der Waals surface area contributed by atoms with Gasteiger partial charge in [0.25, 0.3) is 0 Å². The summed E-state index contributed by atoms with van der Waals surface area (Å²) in [5.74, 6) is 0. The van der Waals surface area contributed by atoms with Crippen molar-refractivity contribution in [1.82, 2.24) is 9.80 Å². The third-order valence-electron chi connectivity index (χ3n) is 4.86. The lowest BCUT2D eigenvalue weighted by Crippen LogP contribution is -2.41. The summed E-state index contributed by atoms with van der Waals surface area (Å²) in [5, 5.41) is 18.4. The zero-order valence-electron chi connectivity index (χ0n) is 14.7. The van der Waals surface area contributed by atoms with E-state index in [0.29, 0.717) is 6.17 Å². The largest absolute Gasteiger partial charge is 0.395 e. The highest BCUT2D eigenvalue weighted by Gasteiger charge is 2.30. The molecule has 0 aromatic rings. The van der Waals surface area contributed by atoms with Crippen molar-refractivity contribution in [3.05, 3.63) is 0 Å². The number of rotatable bonds is 14. The molecule has 1 saturated heterocycles. The molecule has 0 radical (unpaired) electrons.